The minimum absolute atomic E-state index is 0. The summed E-state index contributed by atoms with van der Waals surface area (Å²) in [6.45, 7) is 3.39. The highest BCUT2D eigenvalue weighted by Crippen LogP contribution is 2.34. The summed E-state index contributed by atoms with van der Waals surface area (Å²) in [4.78, 5) is 2.49. The molecule has 21 heavy (non-hydrogen) atoms. The van der Waals surface area contributed by atoms with Gasteiger partial charge in [-0.3, -0.25) is 0 Å². The molecule has 1 saturated heterocycles. The fraction of sp³-hybridized carbons (Fsp3) is 0.412. The highest BCUT2D eigenvalue weighted by atomic mass is 35.5. The Hall–Kier alpha value is -1.45. The zero-order valence-corrected chi connectivity index (χ0v) is 12.9. The van der Waals surface area contributed by atoms with E-state index in [1.54, 1.807) is 18.2 Å². The number of fused-ring (bicyclic) bond motifs is 1. The maximum absolute atomic E-state index is 10.1. The van der Waals surface area contributed by atoms with Gasteiger partial charge in [-0.25, -0.2) is 0 Å². The number of phenolic OH excluding ortho intramolecular Hbond substituents is 2. The molecule has 0 unspecified atom stereocenters. The van der Waals surface area contributed by atoms with E-state index in [4.69, 9.17) is 0 Å². The first kappa shape index (κ1) is 15.9. The van der Waals surface area contributed by atoms with Crippen LogP contribution in [0.15, 0.2) is 30.3 Å². The van der Waals surface area contributed by atoms with Crippen molar-refractivity contribution in [2.45, 2.75) is 25.7 Å². The molecule has 0 saturated carbocycles. The van der Waals surface area contributed by atoms with Crippen molar-refractivity contribution in [1.29, 1.82) is 0 Å². The minimum Gasteiger partial charge on any atom is -0.507 e. The Bertz CT molecular complexity index is 609. The van der Waals surface area contributed by atoms with Crippen LogP contribution in [0.1, 0.15) is 24.8 Å². The van der Waals surface area contributed by atoms with Crippen LogP contribution in [0.25, 0.3) is 10.8 Å². The highest BCUT2D eigenvalue weighted by molar-refractivity contribution is 5.95. The minimum atomic E-state index is 0. The van der Waals surface area contributed by atoms with Crippen molar-refractivity contribution in [3.05, 3.63) is 35.9 Å². The van der Waals surface area contributed by atoms with Gasteiger partial charge in [0, 0.05) is 17.3 Å². The number of rotatable bonds is 3. The smallest absolute Gasteiger partial charge is 0.123 e. The molecule has 3 nitrogen and oxygen atoms in total. The van der Waals surface area contributed by atoms with Gasteiger partial charge in [-0.2, -0.15) is 0 Å². The van der Waals surface area contributed by atoms with Crippen LogP contribution in [0.4, 0.5) is 0 Å². The predicted molar refractivity (Wildman–Crippen MR) is 88.5 cm³/mol. The largest absolute Gasteiger partial charge is 0.507 e. The Balaban J connectivity index is 0.00000161. The monoisotopic (exact) mass is 307 g/mol. The topological polar surface area (TPSA) is 43.7 Å². The first-order valence-electron chi connectivity index (χ1n) is 7.40. The normalized spacial score (nSPS) is 15.8. The highest BCUT2D eigenvalue weighted by Gasteiger charge is 2.13. The van der Waals surface area contributed by atoms with Crippen molar-refractivity contribution < 1.29 is 10.2 Å². The van der Waals surface area contributed by atoms with E-state index in [0.29, 0.717) is 0 Å². The molecular weight excluding hydrogens is 286 g/mol. The van der Waals surface area contributed by atoms with E-state index in [-0.39, 0.29) is 23.9 Å². The van der Waals surface area contributed by atoms with Crippen LogP contribution in [0.2, 0.25) is 0 Å². The van der Waals surface area contributed by atoms with Crippen LogP contribution in [-0.4, -0.2) is 34.7 Å². The number of hydrogen-bond acceptors (Lipinski definition) is 3. The molecule has 0 bridgehead atoms. The second-order valence-corrected chi connectivity index (χ2v) is 5.60. The van der Waals surface area contributed by atoms with Gasteiger partial charge in [-0.05, 0) is 50.0 Å². The van der Waals surface area contributed by atoms with Gasteiger partial charge in [0.2, 0.25) is 0 Å². The number of hydrogen-bond donors (Lipinski definition) is 2. The fourth-order valence-corrected chi connectivity index (χ4v) is 3.11. The average Bonchev–Trinajstić information content (AvgIpc) is 2.48. The van der Waals surface area contributed by atoms with Crippen molar-refractivity contribution >= 4 is 23.2 Å². The molecule has 0 aliphatic carbocycles. The van der Waals surface area contributed by atoms with Crippen LogP contribution in [0.5, 0.6) is 11.5 Å². The van der Waals surface area contributed by atoms with Gasteiger partial charge in [0.15, 0.2) is 0 Å². The second kappa shape index (κ2) is 7.01. The molecule has 2 aromatic carbocycles. The van der Waals surface area contributed by atoms with E-state index < -0.39 is 0 Å². The molecule has 114 valence electrons. The molecule has 2 aromatic rings. The maximum Gasteiger partial charge on any atom is 0.123 e. The molecule has 0 atom stereocenters. The van der Waals surface area contributed by atoms with Crippen LogP contribution >= 0.6 is 12.4 Å². The maximum atomic E-state index is 10.1. The number of halogens is 1. The molecule has 1 aliphatic rings. The predicted octanol–water partition coefficient (Wildman–Crippen LogP) is 3.70. The number of piperidine rings is 1. The second-order valence-electron chi connectivity index (χ2n) is 5.60. The molecule has 3 rings (SSSR count). The van der Waals surface area contributed by atoms with E-state index in [2.05, 4.69) is 4.90 Å². The SMILES string of the molecule is Cl.Oc1ccc(CCN2CCCCC2)c2c(O)cccc12. The van der Waals surface area contributed by atoms with Gasteiger partial charge in [0.25, 0.3) is 0 Å². The van der Waals surface area contributed by atoms with Gasteiger partial charge in [0.1, 0.15) is 11.5 Å². The van der Waals surface area contributed by atoms with Crippen molar-refractivity contribution in [1.82, 2.24) is 4.90 Å². The quantitative estimate of drug-likeness (QED) is 0.908. The summed E-state index contributed by atoms with van der Waals surface area (Å²) in [6.07, 6.45) is 4.84. The van der Waals surface area contributed by atoms with Gasteiger partial charge in [-0.1, -0.05) is 24.6 Å². The van der Waals surface area contributed by atoms with Gasteiger partial charge in [0.05, 0.1) is 0 Å². The first-order valence-corrected chi connectivity index (χ1v) is 7.40. The Morgan fingerprint density at radius 2 is 1.67 bits per heavy atom. The van der Waals surface area contributed by atoms with Crippen LogP contribution in [0.3, 0.4) is 0 Å². The van der Waals surface area contributed by atoms with Crippen LogP contribution < -0.4 is 0 Å². The summed E-state index contributed by atoms with van der Waals surface area (Å²) in [5.41, 5.74) is 1.11. The van der Waals surface area contributed by atoms with Crippen LogP contribution in [-0.2, 0) is 6.42 Å². The van der Waals surface area contributed by atoms with Gasteiger partial charge in [-0.15, -0.1) is 12.4 Å². The number of aromatic hydroxyl groups is 2. The Morgan fingerprint density at radius 1 is 0.905 bits per heavy atom. The standard InChI is InChI=1S/C17H21NO2.ClH/c19-15-8-7-13(9-12-18-10-2-1-3-11-18)17-14(15)5-4-6-16(17)20;/h4-8,19-20H,1-3,9-12H2;1H. The molecule has 1 fully saturated rings. The number of phenols is 2. The van der Waals surface area contributed by atoms with Crippen molar-refractivity contribution in [3.8, 4) is 11.5 Å². The number of nitrogens with zero attached hydrogens (tertiary/aromatic N) is 1. The summed E-state index contributed by atoms with van der Waals surface area (Å²) in [7, 11) is 0. The van der Waals surface area contributed by atoms with E-state index in [1.165, 1.54) is 32.4 Å². The van der Waals surface area contributed by atoms with Crippen molar-refractivity contribution in [2.24, 2.45) is 0 Å². The Labute approximate surface area is 131 Å². The van der Waals surface area contributed by atoms with E-state index in [1.807, 2.05) is 12.1 Å². The number of likely N-dealkylation sites (tertiary alicyclic amines) is 1. The molecule has 0 amide bonds. The molecule has 0 spiro atoms. The lowest BCUT2D eigenvalue weighted by Crippen LogP contribution is -2.31. The zero-order chi connectivity index (χ0) is 13.9. The summed E-state index contributed by atoms with van der Waals surface area (Å²) in [5, 5.41) is 21.5. The van der Waals surface area contributed by atoms with Crippen molar-refractivity contribution in [3.63, 3.8) is 0 Å². The molecule has 1 heterocycles. The molecule has 0 aromatic heterocycles. The van der Waals surface area contributed by atoms with Crippen LogP contribution in [0, 0.1) is 0 Å². The fourth-order valence-electron chi connectivity index (χ4n) is 3.11. The van der Waals surface area contributed by atoms with E-state index in [9.17, 15) is 10.2 Å². The third-order valence-corrected chi connectivity index (χ3v) is 4.23. The van der Waals surface area contributed by atoms with Gasteiger partial charge >= 0.3 is 0 Å². The third kappa shape index (κ3) is 3.42. The molecule has 2 N–H and O–H groups in total. The van der Waals surface area contributed by atoms with Gasteiger partial charge < -0.3 is 15.1 Å². The lowest BCUT2D eigenvalue weighted by atomic mass is 10.00. The van der Waals surface area contributed by atoms with E-state index in [0.717, 1.165) is 29.3 Å². The average molecular weight is 308 g/mol. The lowest BCUT2D eigenvalue weighted by Gasteiger charge is -2.26. The summed E-state index contributed by atoms with van der Waals surface area (Å²) in [5.74, 6) is 0.490. The van der Waals surface area contributed by atoms with Crippen molar-refractivity contribution in [2.75, 3.05) is 19.6 Å². The first-order chi connectivity index (χ1) is 9.75. The Kier molecular flexibility index (Phi) is 5.32. The molecule has 0 radical (unpaired) electrons. The summed E-state index contributed by atoms with van der Waals surface area (Å²) < 4.78 is 0. The molecular formula is C17H22ClNO2. The molecule has 1 aliphatic heterocycles. The lowest BCUT2D eigenvalue weighted by molar-refractivity contribution is 0.231. The number of benzene rings is 2. The third-order valence-electron chi connectivity index (χ3n) is 4.23. The summed E-state index contributed by atoms with van der Waals surface area (Å²) in [6, 6.07) is 8.97. The zero-order valence-electron chi connectivity index (χ0n) is 12.1. The summed E-state index contributed by atoms with van der Waals surface area (Å²) >= 11 is 0. The Morgan fingerprint density at radius 3 is 2.43 bits per heavy atom. The van der Waals surface area contributed by atoms with E-state index >= 15 is 0 Å². The molecule has 4 heteroatoms.